The minimum absolute atomic E-state index is 0.474. The highest BCUT2D eigenvalue weighted by molar-refractivity contribution is 6.40. The molecule has 2 aromatic heterocycles. The van der Waals surface area contributed by atoms with Crippen molar-refractivity contribution in [1.29, 1.82) is 0 Å². The Morgan fingerprint density at radius 1 is 1.58 bits per heavy atom. The quantitative estimate of drug-likeness (QED) is 0.608. The Labute approximate surface area is 71.2 Å². The van der Waals surface area contributed by atoms with Crippen molar-refractivity contribution in [3.05, 3.63) is 18.5 Å². The molecule has 0 bridgehead atoms. The summed E-state index contributed by atoms with van der Waals surface area (Å²) in [5.41, 5.74) is 1.50. The molecule has 4 heteroatoms. The van der Waals surface area contributed by atoms with Crippen LogP contribution >= 0.6 is 0 Å². The molecule has 2 aromatic rings. The molecular weight excluding hydrogens is 151 g/mol. The molecule has 0 aromatic carbocycles. The van der Waals surface area contributed by atoms with Crippen molar-refractivity contribution < 1.29 is 4.74 Å². The van der Waals surface area contributed by atoms with Crippen molar-refractivity contribution in [3.63, 3.8) is 0 Å². The van der Waals surface area contributed by atoms with Gasteiger partial charge in [0.1, 0.15) is 7.85 Å². The maximum Gasteiger partial charge on any atom is 0.206 e. The van der Waals surface area contributed by atoms with Crippen LogP contribution in [-0.2, 0) is 0 Å². The number of aromatic amines is 1. The van der Waals surface area contributed by atoms with Crippen molar-refractivity contribution in [3.8, 4) is 5.88 Å². The van der Waals surface area contributed by atoms with Gasteiger partial charge in [0.15, 0.2) is 0 Å². The van der Waals surface area contributed by atoms with Crippen molar-refractivity contribution in [2.24, 2.45) is 0 Å². The fourth-order valence-electron chi connectivity index (χ4n) is 1.19. The van der Waals surface area contributed by atoms with Gasteiger partial charge in [-0.3, -0.25) is 0 Å². The second-order valence-electron chi connectivity index (χ2n) is 2.49. The first-order valence-corrected chi connectivity index (χ1v) is 3.58. The Balaban J connectivity index is 2.78. The van der Waals surface area contributed by atoms with Crippen LogP contribution in [0.2, 0.25) is 0 Å². The number of fused-ring (bicyclic) bond motifs is 1. The van der Waals surface area contributed by atoms with Crippen LogP contribution in [0.1, 0.15) is 0 Å². The number of pyridine rings is 1. The van der Waals surface area contributed by atoms with Crippen LogP contribution in [0.5, 0.6) is 5.88 Å². The SMILES string of the molecule is [B]c1c(OC)ncc2[nH]ccc12. The predicted molar refractivity (Wildman–Crippen MR) is 48.0 cm³/mol. The van der Waals surface area contributed by atoms with Crippen LogP contribution in [0.15, 0.2) is 18.5 Å². The highest BCUT2D eigenvalue weighted by Gasteiger charge is 2.03. The topological polar surface area (TPSA) is 37.9 Å². The minimum Gasteiger partial charge on any atom is -0.481 e. The Kier molecular flexibility index (Phi) is 1.53. The number of aromatic nitrogens is 2. The van der Waals surface area contributed by atoms with E-state index in [1.54, 1.807) is 13.3 Å². The van der Waals surface area contributed by atoms with E-state index in [2.05, 4.69) is 9.97 Å². The molecule has 0 aliphatic rings. The lowest BCUT2D eigenvalue weighted by atomic mass is 9.94. The molecule has 58 valence electrons. The van der Waals surface area contributed by atoms with E-state index in [4.69, 9.17) is 12.6 Å². The number of rotatable bonds is 1. The van der Waals surface area contributed by atoms with Crippen LogP contribution in [0.25, 0.3) is 10.9 Å². The standard InChI is InChI=1S/C8H7BN2O/c1-12-8-7(9)5-2-3-10-6(5)4-11-8/h2-4,10H,1H3. The van der Waals surface area contributed by atoms with Gasteiger partial charge in [-0.1, -0.05) is 0 Å². The molecule has 2 radical (unpaired) electrons. The average Bonchev–Trinajstić information content (AvgIpc) is 2.53. The lowest BCUT2D eigenvalue weighted by molar-refractivity contribution is 0.402. The zero-order chi connectivity index (χ0) is 8.55. The minimum atomic E-state index is 0.474. The molecule has 0 aliphatic heterocycles. The van der Waals surface area contributed by atoms with Crippen molar-refractivity contribution in [2.75, 3.05) is 7.11 Å². The third kappa shape index (κ3) is 0.880. The van der Waals surface area contributed by atoms with Crippen LogP contribution < -0.4 is 10.2 Å². The molecule has 1 N–H and O–H groups in total. The fraction of sp³-hybridized carbons (Fsp3) is 0.125. The number of ether oxygens (including phenoxy) is 1. The summed E-state index contributed by atoms with van der Waals surface area (Å²) in [6.07, 6.45) is 3.52. The van der Waals surface area contributed by atoms with Gasteiger partial charge in [0.25, 0.3) is 0 Å². The van der Waals surface area contributed by atoms with Crippen LogP contribution in [-0.4, -0.2) is 24.9 Å². The van der Waals surface area contributed by atoms with Gasteiger partial charge in [0.05, 0.1) is 18.8 Å². The Bertz CT molecular complexity index is 410. The van der Waals surface area contributed by atoms with E-state index in [1.807, 2.05) is 12.3 Å². The van der Waals surface area contributed by atoms with Gasteiger partial charge in [0, 0.05) is 6.20 Å². The normalized spacial score (nSPS) is 10.4. The maximum absolute atomic E-state index is 5.77. The summed E-state index contributed by atoms with van der Waals surface area (Å²) in [5, 5.41) is 0.946. The second kappa shape index (κ2) is 2.55. The molecule has 0 aliphatic carbocycles. The number of H-pyrrole nitrogens is 1. The van der Waals surface area contributed by atoms with Crippen molar-refractivity contribution >= 4 is 24.2 Å². The van der Waals surface area contributed by atoms with Crippen molar-refractivity contribution in [1.82, 2.24) is 9.97 Å². The number of methoxy groups -OCH3 is 1. The first-order valence-electron chi connectivity index (χ1n) is 3.58. The summed E-state index contributed by atoms with van der Waals surface area (Å²) in [6.45, 7) is 0. The Hall–Kier alpha value is -1.45. The lowest BCUT2D eigenvalue weighted by Crippen LogP contribution is -2.09. The summed E-state index contributed by atoms with van der Waals surface area (Å²) in [6, 6.07) is 1.90. The Morgan fingerprint density at radius 3 is 3.17 bits per heavy atom. The highest BCUT2D eigenvalue weighted by atomic mass is 16.5. The fourth-order valence-corrected chi connectivity index (χ4v) is 1.19. The van der Waals surface area contributed by atoms with Crippen LogP contribution in [0, 0.1) is 0 Å². The molecular formula is C8H7BN2O. The molecule has 2 rings (SSSR count). The smallest absolute Gasteiger partial charge is 0.206 e. The highest BCUT2D eigenvalue weighted by Crippen LogP contribution is 2.11. The molecule has 3 nitrogen and oxygen atoms in total. The summed E-state index contributed by atoms with van der Waals surface area (Å²) in [5.74, 6) is 0.474. The third-order valence-electron chi connectivity index (χ3n) is 1.80. The third-order valence-corrected chi connectivity index (χ3v) is 1.80. The summed E-state index contributed by atoms with van der Waals surface area (Å²) < 4.78 is 4.97. The number of hydrogen-bond acceptors (Lipinski definition) is 2. The molecule has 0 saturated carbocycles. The van der Waals surface area contributed by atoms with Gasteiger partial charge in [0.2, 0.25) is 5.88 Å². The van der Waals surface area contributed by atoms with E-state index >= 15 is 0 Å². The van der Waals surface area contributed by atoms with Gasteiger partial charge in [-0.2, -0.15) is 0 Å². The maximum atomic E-state index is 5.77. The van der Waals surface area contributed by atoms with Gasteiger partial charge in [-0.05, 0) is 16.9 Å². The van der Waals surface area contributed by atoms with Crippen LogP contribution in [0.3, 0.4) is 0 Å². The molecule has 12 heavy (non-hydrogen) atoms. The zero-order valence-corrected chi connectivity index (χ0v) is 6.66. The molecule has 0 unspecified atom stereocenters. The van der Waals surface area contributed by atoms with Gasteiger partial charge in [-0.25, -0.2) is 4.98 Å². The van der Waals surface area contributed by atoms with E-state index in [1.165, 1.54) is 0 Å². The summed E-state index contributed by atoms with van der Waals surface area (Å²) in [4.78, 5) is 7.03. The molecule has 0 amide bonds. The Morgan fingerprint density at radius 2 is 2.42 bits per heavy atom. The molecule has 2 heterocycles. The van der Waals surface area contributed by atoms with E-state index in [0.717, 1.165) is 10.9 Å². The summed E-state index contributed by atoms with van der Waals surface area (Å²) >= 11 is 0. The molecule has 0 fully saturated rings. The van der Waals surface area contributed by atoms with Gasteiger partial charge >= 0.3 is 0 Å². The van der Waals surface area contributed by atoms with Gasteiger partial charge < -0.3 is 9.72 Å². The van der Waals surface area contributed by atoms with E-state index < -0.39 is 0 Å². The monoisotopic (exact) mass is 158 g/mol. The average molecular weight is 158 g/mol. The van der Waals surface area contributed by atoms with E-state index in [-0.39, 0.29) is 0 Å². The van der Waals surface area contributed by atoms with E-state index in [9.17, 15) is 0 Å². The molecule has 0 atom stereocenters. The van der Waals surface area contributed by atoms with Crippen molar-refractivity contribution in [2.45, 2.75) is 0 Å². The summed E-state index contributed by atoms with van der Waals surface area (Å²) in [7, 11) is 7.32. The largest absolute Gasteiger partial charge is 0.481 e. The predicted octanol–water partition coefficient (Wildman–Crippen LogP) is 0.365. The first-order chi connectivity index (χ1) is 5.83. The van der Waals surface area contributed by atoms with Crippen LogP contribution in [0.4, 0.5) is 0 Å². The van der Waals surface area contributed by atoms with Gasteiger partial charge in [-0.15, -0.1) is 0 Å². The van der Waals surface area contributed by atoms with E-state index in [0.29, 0.717) is 11.3 Å². The number of hydrogen-bond donors (Lipinski definition) is 1. The molecule has 0 saturated heterocycles. The lowest BCUT2D eigenvalue weighted by Gasteiger charge is -2.03. The zero-order valence-electron chi connectivity index (χ0n) is 6.66. The number of nitrogens with zero attached hydrogens (tertiary/aromatic N) is 1. The first kappa shape index (κ1) is 7.22. The number of nitrogens with one attached hydrogen (secondary N) is 1. The molecule has 0 spiro atoms. The second-order valence-corrected chi connectivity index (χ2v) is 2.49.